The van der Waals surface area contributed by atoms with Gasteiger partial charge >= 0.3 is 0 Å². The van der Waals surface area contributed by atoms with Crippen LogP contribution in [0.4, 0.5) is 0 Å². The van der Waals surface area contributed by atoms with Crippen molar-refractivity contribution < 1.29 is 5.11 Å². The van der Waals surface area contributed by atoms with Crippen LogP contribution < -0.4 is 0 Å². The minimum atomic E-state index is -0.350. The molecule has 1 aromatic rings. The number of aliphatic hydroxyl groups excluding tert-OH is 1. The molecule has 1 N–H and O–H groups in total. The number of nitriles is 1. The Morgan fingerprint density at radius 3 is 1.79 bits per heavy atom. The van der Waals surface area contributed by atoms with Crippen LogP contribution in [0.2, 0.25) is 0 Å². The van der Waals surface area contributed by atoms with Crippen molar-refractivity contribution >= 4 is 0 Å². The van der Waals surface area contributed by atoms with Gasteiger partial charge in [-0.1, -0.05) is 127 Å². The van der Waals surface area contributed by atoms with Gasteiger partial charge in [0, 0.05) is 19.6 Å². The molecule has 3 heteroatoms. The monoisotopic (exact) mass is 454 g/mol. The highest BCUT2D eigenvalue weighted by molar-refractivity contribution is 5.33. The van der Waals surface area contributed by atoms with Gasteiger partial charge < -0.3 is 10.0 Å². The first-order valence-electron chi connectivity index (χ1n) is 14.1. The zero-order valence-electron chi connectivity index (χ0n) is 21.4. The van der Waals surface area contributed by atoms with Crippen molar-refractivity contribution in [1.29, 1.82) is 5.26 Å². The zero-order chi connectivity index (χ0) is 23.6. The van der Waals surface area contributed by atoms with Crippen molar-refractivity contribution in [3.8, 4) is 6.07 Å². The summed E-state index contributed by atoms with van der Waals surface area (Å²) in [4.78, 5) is 2.35. The second-order valence-electron chi connectivity index (χ2n) is 10.4. The zero-order valence-corrected chi connectivity index (χ0v) is 21.4. The molecule has 33 heavy (non-hydrogen) atoms. The van der Waals surface area contributed by atoms with Crippen molar-refractivity contribution in [2.45, 2.75) is 128 Å². The quantitative estimate of drug-likeness (QED) is 0.230. The maximum Gasteiger partial charge on any atom is 0.0846 e. The van der Waals surface area contributed by atoms with Gasteiger partial charge in [-0.15, -0.1) is 0 Å². The van der Waals surface area contributed by atoms with Crippen molar-refractivity contribution in [2.24, 2.45) is 0 Å². The molecular formula is C30H50N2O. The summed E-state index contributed by atoms with van der Waals surface area (Å²) in [6.45, 7) is 4.84. The fraction of sp³-hybridized carbons (Fsp3) is 0.767. The standard InChI is InChI=1S/C30H50N2O/c1-2-3-4-5-6-7-8-9-10-11-12-13-14-18-21-29(33)26-32-24-22-30(27-31,23-25-32)28-19-16-15-17-20-28/h15-17,19-20,29,33H,2-14,18,21-26H2,1H3. The number of hydrogen-bond donors (Lipinski definition) is 1. The number of aliphatic hydroxyl groups is 1. The SMILES string of the molecule is CCCCCCCCCCCCCCCCC(O)CN1CCC(C#N)(c2ccccc2)CC1. The van der Waals surface area contributed by atoms with Crippen LogP contribution in [-0.4, -0.2) is 35.7 Å². The van der Waals surface area contributed by atoms with E-state index < -0.39 is 0 Å². The molecule has 2 rings (SSSR count). The summed E-state index contributed by atoms with van der Waals surface area (Å²) in [6.07, 6.45) is 21.6. The average molecular weight is 455 g/mol. The summed E-state index contributed by atoms with van der Waals surface area (Å²) in [5.74, 6) is 0. The first kappa shape index (κ1) is 27.9. The van der Waals surface area contributed by atoms with E-state index in [-0.39, 0.29) is 11.5 Å². The van der Waals surface area contributed by atoms with Gasteiger partial charge in [-0.3, -0.25) is 0 Å². The lowest BCUT2D eigenvalue weighted by Gasteiger charge is -2.38. The van der Waals surface area contributed by atoms with Crippen LogP contribution in [0, 0.1) is 11.3 Å². The molecule has 0 amide bonds. The van der Waals surface area contributed by atoms with Gasteiger partial charge in [-0.2, -0.15) is 5.26 Å². The molecule has 0 saturated carbocycles. The number of benzene rings is 1. The van der Waals surface area contributed by atoms with E-state index in [1.165, 1.54) is 83.5 Å². The Morgan fingerprint density at radius 1 is 0.818 bits per heavy atom. The van der Waals surface area contributed by atoms with Gasteiger partial charge in [0.1, 0.15) is 0 Å². The Bertz CT molecular complexity index is 630. The van der Waals surface area contributed by atoms with E-state index in [1.54, 1.807) is 0 Å². The van der Waals surface area contributed by atoms with E-state index in [4.69, 9.17) is 0 Å². The molecule has 1 heterocycles. The first-order valence-corrected chi connectivity index (χ1v) is 14.1. The second kappa shape index (κ2) is 17.1. The third kappa shape index (κ3) is 11.1. The molecule has 1 aliphatic rings. The van der Waals surface area contributed by atoms with Crippen LogP contribution in [0.25, 0.3) is 0 Å². The third-order valence-corrected chi connectivity index (χ3v) is 7.61. The molecule has 1 fully saturated rings. The molecule has 186 valence electrons. The van der Waals surface area contributed by atoms with Crippen molar-refractivity contribution in [1.82, 2.24) is 4.90 Å². The maximum atomic E-state index is 10.5. The number of unbranched alkanes of at least 4 members (excludes halogenated alkanes) is 13. The van der Waals surface area contributed by atoms with Crippen LogP contribution in [0.3, 0.4) is 0 Å². The lowest BCUT2D eigenvalue weighted by molar-refractivity contribution is 0.0825. The van der Waals surface area contributed by atoms with Crippen molar-refractivity contribution in [3.05, 3.63) is 35.9 Å². The number of hydrogen-bond acceptors (Lipinski definition) is 3. The number of nitrogens with zero attached hydrogens (tertiary/aromatic N) is 2. The lowest BCUT2D eigenvalue weighted by Crippen LogP contribution is -2.44. The Morgan fingerprint density at radius 2 is 1.30 bits per heavy atom. The summed E-state index contributed by atoms with van der Waals surface area (Å²) in [6, 6.07) is 12.8. The van der Waals surface area contributed by atoms with Crippen molar-refractivity contribution in [3.63, 3.8) is 0 Å². The second-order valence-corrected chi connectivity index (χ2v) is 10.4. The Labute approximate surface area is 204 Å². The molecule has 1 aromatic carbocycles. The highest BCUT2D eigenvalue weighted by Gasteiger charge is 2.36. The number of β-amino-alcohol motifs (C(OH)–C–C–N with tert-alkyl or cyclic N) is 1. The van der Waals surface area contributed by atoms with E-state index in [0.29, 0.717) is 0 Å². The predicted molar refractivity (Wildman–Crippen MR) is 140 cm³/mol. The summed E-state index contributed by atoms with van der Waals surface area (Å²) < 4.78 is 0. The highest BCUT2D eigenvalue weighted by Crippen LogP contribution is 2.34. The summed E-state index contributed by atoms with van der Waals surface area (Å²) in [5.41, 5.74) is 0.798. The Kier molecular flexibility index (Phi) is 14.5. The van der Waals surface area contributed by atoms with Crippen LogP contribution in [0.5, 0.6) is 0 Å². The summed E-state index contributed by atoms with van der Waals surface area (Å²) in [7, 11) is 0. The minimum Gasteiger partial charge on any atom is -0.392 e. The normalized spacial score (nSPS) is 17.0. The van der Waals surface area contributed by atoms with E-state index in [9.17, 15) is 10.4 Å². The van der Waals surface area contributed by atoms with Gasteiger partial charge in [-0.25, -0.2) is 0 Å². The average Bonchev–Trinajstić information content (AvgIpc) is 2.85. The number of piperidine rings is 1. The van der Waals surface area contributed by atoms with E-state index in [1.807, 2.05) is 18.2 Å². The number of rotatable bonds is 18. The molecule has 0 radical (unpaired) electrons. The molecular weight excluding hydrogens is 404 g/mol. The largest absolute Gasteiger partial charge is 0.392 e. The molecule has 1 aliphatic heterocycles. The van der Waals surface area contributed by atoms with Crippen LogP contribution >= 0.6 is 0 Å². The summed E-state index contributed by atoms with van der Waals surface area (Å²) >= 11 is 0. The Hall–Kier alpha value is -1.37. The van der Waals surface area contributed by atoms with Gasteiger partial charge in [0.15, 0.2) is 0 Å². The van der Waals surface area contributed by atoms with Gasteiger partial charge in [0.05, 0.1) is 17.6 Å². The van der Waals surface area contributed by atoms with Crippen LogP contribution in [-0.2, 0) is 5.41 Å². The fourth-order valence-corrected chi connectivity index (χ4v) is 5.30. The molecule has 0 spiro atoms. The number of likely N-dealkylation sites (tertiary alicyclic amines) is 1. The topological polar surface area (TPSA) is 47.3 Å². The Balaban J connectivity index is 1.43. The van der Waals surface area contributed by atoms with Crippen LogP contribution in [0.1, 0.15) is 122 Å². The predicted octanol–water partition coefficient (Wildman–Crippen LogP) is 7.78. The lowest BCUT2D eigenvalue weighted by atomic mass is 9.74. The van der Waals surface area contributed by atoms with E-state index in [2.05, 4.69) is 30.0 Å². The highest BCUT2D eigenvalue weighted by atomic mass is 16.3. The first-order chi connectivity index (χ1) is 16.2. The van der Waals surface area contributed by atoms with Gasteiger partial charge in [0.2, 0.25) is 0 Å². The summed E-state index contributed by atoms with van der Waals surface area (Å²) in [5, 5.41) is 20.3. The van der Waals surface area contributed by atoms with E-state index in [0.717, 1.165) is 50.9 Å². The minimum absolute atomic E-state index is 0.228. The van der Waals surface area contributed by atoms with Crippen LogP contribution in [0.15, 0.2) is 30.3 Å². The molecule has 0 aromatic heterocycles. The van der Waals surface area contributed by atoms with Gasteiger partial charge in [-0.05, 0) is 24.8 Å². The van der Waals surface area contributed by atoms with Gasteiger partial charge in [0.25, 0.3) is 0 Å². The molecule has 1 atom stereocenters. The molecule has 1 unspecified atom stereocenters. The molecule has 3 nitrogen and oxygen atoms in total. The van der Waals surface area contributed by atoms with Crippen molar-refractivity contribution in [2.75, 3.05) is 19.6 Å². The smallest absolute Gasteiger partial charge is 0.0846 e. The molecule has 0 bridgehead atoms. The molecule has 1 saturated heterocycles. The van der Waals surface area contributed by atoms with E-state index >= 15 is 0 Å². The fourth-order valence-electron chi connectivity index (χ4n) is 5.30. The molecule has 0 aliphatic carbocycles. The third-order valence-electron chi connectivity index (χ3n) is 7.61. The maximum absolute atomic E-state index is 10.5.